The summed E-state index contributed by atoms with van der Waals surface area (Å²) in [6, 6.07) is 9.02. The lowest BCUT2D eigenvalue weighted by Crippen LogP contribution is -2.44. The summed E-state index contributed by atoms with van der Waals surface area (Å²) in [6.45, 7) is 5.02. The van der Waals surface area contributed by atoms with Crippen LogP contribution in [0.5, 0.6) is 0 Å². The fourth-order valence-corrected chi connectivity index (χ4v) is 3.27. The smallest absolute Gasteiger partial charge is 0.319 e. The van der Waals surface area contributed by atoms with E-state index in [1.807, 2.05) is 30.3 Å². The van der Waals surface area contributed by atoms with Crippen LogP contribution in [0.25, 0.3) is 0 Å². The maximum Gasteiger partial charge on any atom is 0.319 e. The van der Waals surface area contributed by atoms with Crippen molar-refractivity contribution in [1.29, 1.82) is 0 Å². The van der Waals surface area contributed by atoms with Crippen molar-refractivity contribution in [2.24, 2.45) is 0 Å². The van der Waals surface area contributed by atoms with Gasteiger partial charge in [-0.05, 0) is 18.4 Å². The van der Waals surface area contributed by atoms with Crippen LogP contribution in [0.15, 0.2) is 30.3 Å². The second kappa shape index (κ2) is 9.22. The topological polar surface area (TPSA) is 78.9 Å². The Balaban J connectivity index is 2.09. The lowest BCUT2D eigenvalue weighted by atomic mass is 9.91. The normalized spacial score (nSPS) is 19.0. The van der Waals surface area contributed by atoms with Gasteiger partial charge in [0.15, 0.2) is 0 Å². The minimum Gasteiger partial charge on any atom is -0.480 e. The van der Waals surface area contributed by atoms with Crippen LogP contribution in [0.2, 0.25) is 0 Å². The van der Waals surface area contributed by atoms with Crippen LogP contribution in [0.3, 0.4) is 0 Å². The van der Waals surface area contributed by atoms with E-state index >= 15 is 0 Å². The molecule has 1 amide bonds. The quantitative estimate of drug-likeness (QED) is 0.611. The zero-order valence-electron chi connectivity index (χ0n) is 14.5. The largest absolute Gasteiger partial charge is 0.480 e. The van der Waals surface area contributed by atoms with Crippen molar-refractivity contribution in [3.63, 3.8) is 0 Å². The van der Waals surface area contributed by atoms with Gasteiger partial charge in [0.1, 0.15) is 4.75 Å². The highest BCUT2D eigenvalue weighted by Gasteiger charge is 2.38. The first-order chi connectivity index (χ1) is 11.9. The van der Waals surface area contributed by atoms with Crippen molar-refractivity contribution in [2.45, 2.75) is 30.6 Å². The highest BCUT2D eigenvalue weighted by molar-refractivity contribution is 7.82. The zero-order chi connectivity index (χ0) is 18.3. The molecule has 1 aliphatic rings. The number of thiol groups is 1. The van der Waals surface area contributed by atoms with Gasteiger partial charge in [-0.3, -0.25) is 14.5 Å². The van der Waals surface area contributed by atoms with Gasteiger partial charge in [0.25, 0.3) is 0 Å². The monoisotopic (exact) mass is 366 g/mol. The maximum atomic E-state index is 11.9. The Hall–Kier alpha value is -1.57. The summed E-state index contributed by atoms with van der Waals surface area (Å²) in [5, 5.41) is 12.6. The number of nitrogens with one attached hydrogen (secondary N) is 1. The van der Waals surface area contributed by atoms with E-state index in [0.29, 0.717) is 26.2 Å². The van der Waals surface area contributed by atoms with Gasteiger partial charge in [0.05, 0.1) is 19.3 Å². The molecule has 1 aromatic rings. The van der Waals surface area contributed by atoms with Crippen molar-refractivity contribution >= 4 is 24.5 Å². The third-order valence-electron chi connectivity index (χ3n) is 4.46. The fraction of sp³-hybridized carbons (Fsp3) is 0.556. The van der Waals surface area contributed by atoms with E-state index in [4.69, 9.17) is 4.74 Å². The van der Waals surface area contributed by atoms with Crippen molar-refractivity contribution < 1.29 is 19.4 Å². The molecule has 7 heteroatoms. The first-order valence-electron chi connectivity index (χ1n) is 8.48. The van der Waals surface area contributed by atoms with Crippen molar-refractivity contribution in [2.75, 3.05) is 32.8 Å². The van der Waals surface area contributed by atoms with E-state index in [2.05, 4.69) is 22.8 Å². The molecule has 1 saturated heterocycles. The average Bonchev–Trinajstić information content (AvgIpc) is 2.60. The van der Waals surface area contributed by atoms with E-state index < -0.39 is 16.8 Å². The number of carboxylic acid groups (broad SMARTS) is 1. The predicted molar refractivity (Wildman–Crippen MR) is 98.8 cm³/mol. The lowest BCUT2D eigenvalue weighted by Gasteiger charge is -2.33. The van der Waals surface area contributed by atoms with Crippen LogP contribution >= 0.6 is 12.6 Å². The van der Waals surface area contributed by atoms with Gasteiger partial charge in [-0.15, -0.1) is 0 Å². The number of benzene rings is 1. The van der Waals surface area contributed by atoms with Gasteiger partial charge in [-0.1, -0.05) is 30.3 Å². The number of ether oxygens (including phenoxy) is 1. The van der Waals surface area contributed by atoms with Crippen LogP contribution in [0.4, 0.5) is 0 Å². The third-order valence-corrected chi connectivity index (χ3v) is 5.06. The second-order valence-corrected chi connectivity index (χ2v) is 7.26. The number of amides is 1. The van der Waals surface area contributed by atoms with Gasteiger partial charge in [-0.25, -0.2) is 0 Å². The van der Waals surface area contributed by atoms with Gasteiger partial charge < -0.3 is 15.2 Å². The van der Waals surface area contributed by atoms with Crippen molar-refractivity contribution in [3.8, 4) is 0 Å². The summed E-state index contributed by atoms with van der Waals surface area (Å²) in [6.07, 6.45) is 0.619. The molecule has 6 nitrogen and oxygen atoms in total. The molecular weight excluding hydrogens is 340 g/mol. The van der Waals surface area contributed by atoms with E-state index in [0.717, 1.165) is 18.7 Å². The lowest BCUT2D eigenvalue weighted by molar-refractivity contribution is -0.140. The molecular formula is C18H26N2O4S. The molecule has 0 bridgehead atoms. The summed E-state index contributed by atoms with van der Waals surface area (Å²) in [4.78, 5) is 25.7. The van der Waals surface area contributed by atoms with Crippen molar-refractivity contribution in [3.05, 3.63) is 35.9 Å². The highest BCUT2D eigenvalue weighted by Crippen LogP contribution is 2.32. The zero-order valence-corrected chi connectivity index (χ0v) is 15.4. The Kier molecular flexibility index (Phi) is 7.28. The van der Waals surface area contributed by atoms with E-state index in [9.17, 15) is 14.7 Å². The molecule has 138 valence electrons. The SMILES string of the molecule is CC(=O)N[C@@H](CC(S)(CCN1CCOCC1)C(=O)O)c1ccccc1. The van der Waals surface area contributed by atoms with Crippen LogP contribution in [-0.2, 0) is 14.3 Å². The van der Waals surface area contributed by atoms with Gasteiger partial charge >= 0.3 is 5.97 Å². The maximum absolute atomic E-state index is 11.9. The molecule has 0 aliphatic carbocycles. The molecule has 25 heavy (non-hydrogen) atoms. The van der Waals surface area contributed by atoms with Gasteiger partial charge in [0, 0.05) is 26.6 Å². The predicted octanol–water partition coefficient (Wildman–Crippen LogP) is 1.73. The summed E-state index contributed by atoms with van der Waals surface area (Å²) >= 11 is 4.52. The van der Waals surface area contributed by atoms with Gasteiger partial charge in [0.2, 0.25) is 5.91 Å². The molecule has 0 spiro atoms. The van der Waals surface area contributed by atoms with Crippen LogP contribution in [0, 0.1) is 0 Å². The number of carboxylic acids is 1. The van der Waals surface area contributed by atoms with E-state index in [1.54, 1.807) is 0 Å². The number of aliphatic carboxylic acids is 1. The Morgan fingerprint density at radius 1 is 1.32 bits per heavy atom. The summed E-state index contributed by atoms with van der Waals surface area (Å²) < 4.78 is 4.10. The van der Waals surface area contributed by atoms with Crippen LogP contribution in [0.1, 0.15) is 31.4 Å². The third kappa shape index (κ3) is 6.02. The Morgan fingerprint density at radius 3 is 2.52 bits per heavy atom. The molecule has 0 saturated carbocycles. The molecule has 2 N–H and O–H groups in total. The fourth-order valence-electron chi connectivity index (χ4n) is 2.98. The minimum atomic E-state index is -1.22. The molecule has 1 fully saturated rings. The Bertz CT molecular complexity index is 578. The first kappa shape index (κ1) is 19.8. The summed E-state index contributed by atoms with van der Waals surface area (Å²) in [7, 11) is 0. The molecule has 0 radical (unpaired) electrons. The summed E-state index contributed by atoms with van der Waals surface area (Å²) in [5.41, 5.74) is 0.878. The van der Waals surface area contributed by atoms with E-state index in [1.165, 1.54) is 6.92 Å². The number of hydrogen-bond donors (Lipinski definition) is 3. The minimum absolute atomic E-state index is 0.192. The molecule has 1 aromatic carbocycles. The number of nitrogens with zero attached hydrogens (tertiary/aromatic N) is 1. The molecule has 1 heterocycles. The van der Waals surface area contributed by atoms with Crippen LogP contribution in [-0.4, -0.2) is 59.5 Å². The number of hydrogen-bond acceptors (Lipinski definition) is 5. The molecule has 2 rings (SSSR count). The molecule has 1 unspecified atom stereocenters. The second-order valence-electron chi connectivity index (χ2n) is 6.41. The first-order valence-corrected chi connectivity index (χ1v) is 8.93. The number of carbonyl (C=O) groups excluding carboxylic acids is 1. The Morgan fingerprint density at radius 2 is 1.96 bits per heavy atom. The standard InChI is InChI=1S/C18H26N2O4S/c1-14(21)19-16(15-5-3-2-4-6-15)13-18(25,17(22)23)7-8-20-9-11-24-12-10-20/h2-6,16,25H,7-13H2,1H3,(H,19,21)(H,22,23)/t16-,18?/m0/s1. The number of rotatable bonds is 8. The van der Waals surface area contributed by atoms with E-state index in [-0.39, 0.29) is 12.3 Å². The van der Waals surface area contributed by atoms with Crippen molar-refractivity contribution in [1.82, 2.24) is 10.2 Å². The molecule has 1 aliphatic heterocycles. The molecule has 0 aromatic heterocycles. The Labute approximate surface area is 154 Å². The highest BCUT2D eigenvalue weighted by atomic mass is 32.1. The average molecular weight is 366 g/mol. The number of carbonyl (C=O) groups is 2. The molecule has 2 atom stereocenters. The number of morpholine rings is 1. The van der Waals surface area contributed by atoms with Crippen LogP contribution < -0.4 is 5.32 Å². The summed E-state index contributed by atoms with van der Waals surface area (Å²) in [5.74, 6) is -1.15. The van der Waals surface area contributed by atoms with Gasteiger partial charge in [-0.2, -0.15) is 12.6 Å².